The number of aliphatic hydroxyl groups excluding tert-OH is 2. The average molecular weight is 1000 g/mol. The molecule has 6 nitrogen and oxygen atoms in total. The van der Waals surface area contributed by atoms with Crippen LogP contribution in [0.15, 0.2) is 24.3 Å². The second-order valence-corrected chi connectivity index (χ2v) is 22.1. The van der Waals surface area contributed by atoms with E-state index in [0.29, 0.717) is 19.4 Å². The lowest BCUT2D eigenvalue weighted by atomic mass is 10.0. The smallest absolute Gasteiger partial charge is 0.305 e. The van der Waals surface area contributed by atoms with Crippen LogP contribution in [-0.2, 0) is 14.3 Å². The Morgan fingerprint density at radius 1 is 0.380 bits per heavy atom. The number of carbonyl (C=O) groups excluding carboxylic acids is 2. The van der Waals surface area contributed by atoms with E-state index in [1.807, 2.05) is 6.08 Å². The number of aliphatic hydroxyl groups is 2. The van der Waals surface area contributed by atoms with Gasteiger partial charge < -0.3 is 20.3 Å². The minimum Gasteiger partial charge on any atom is -0.466 e. The highest BCUT2D eigenvalue weighted by molar-refractivity contribution is 5.76. The van der Waals surface area contributed by atoms with Gasteiger partial charge in [-0.3, -0.25) is 9.59 Å². The summed E-state index contributed by atoms with van der Waals surface area (Å²) in [5.74, 6) is -0.0621. The van der Waals surface area contributed by atoms with Gasteiger partial charge in [-0.05, 0) is 57.8 Å². The maximum atomic E-state index is 12.5. The Hall–Kier alpha value is -1.66. The number of unbranched alkanes of at least 4 members (excludes halogenated alkanes) is 47. The molecule has 0 saturated heterocycles. The molecule has 0 aliphatic rings. The summed E-state index contributed by atoms with van der Waals surface area (Å²) in [7, 11) is 0. The Morgan fingerprint density at radius 2 is 0.662 bits per heavy atom. The zero-order chi connectivity index (χ0) is 51.4. The quantitative estimate of drug-likeness (QED) is 0.0320. The van der Waals surface area contributed by atoms with E-state index in [2.05, 4.69) is 31.3 Å². The molecular weight excluding hydrogens is 875 g/mol. The molecule has 0 aliphatic heterocycles. The van der Waals surface area contributed by atoms with Crippen molar-refractivity contribution in [2.24, 2.45) is 0 Å². The van der Waals surface area contributed by atoms with Gasteiger partial charge in [0, 0.05) is 12.8 Å². The van der Waals surface area contributed by atoms with Gasteiger partial charge in [0.1, 0.15) is 0 Å². The average Bonchev–Trinajstić information content (AvgIpc) is 3.37. The number of ether oxygens (including phenoxy) is 1. The van der Waals surface area contributed by atoms with Crippen LogP contribution >= 0.6 is 0 Å². The maximum absolute atomic E-state index is 12.5. The van der Waals surface area contributed by atoms with Gasteiger partial charge in [0.25, 0.3) is 0 Å². The van der Waals surface area contributed by atoms with Crippen LogP contribution in [0.5, 0.6) is 0 Å². The first-order chi connectivity index (χ1) is 35.0. The first-order valence-electron chi connectivity index (χ1n) is 32.1. The number of amides is 1. The predicted molar refractivity (Wildman–Crippen MR) is 310 cm³/mol. The Kier molecular flexibility index (Phi) is 59.5. The van der Waals surface area contributed by atoms with Gasteiger partial charge in [0.05, 0.1) is 25.4 Å². The van der Waals surface area contributed by atoms with Crippen LogP contribution in [0.4, 0.5) is 0 Å². The molecule has 0 rings (SSSR count). The van der Waals surface area contributed by atoms with E-state index >= 15 is 0 Å². The highest BCUT2D eigenvalue weighted by Gasteiger charge is 2.18. The Labute approximate surface area is 443 Å². The highest BCUT2D eigenvalue weighted by atomic mass is 16.5. The lowest BCUT2D eigenvalue weighted by Crippen LogP contribution is -2.45. The minimum atomic E-state index is -0.849. The molecule has 0 aromatic carbocycles. The number of nitrogens with one attached hydrogen (secondary N) is 1. The summed E-state index contributed by atoms with van der Waals surface area (Å²) in [4.78, 5) is 24.5. The summed E-state index contributed by atoms with van der Waals surface area (Å²) >= 11 is 0. The van der Waals surface area contributed by atoms with Gasteiger partial charge in [-0.15, -0.1) is 0 Å². The molecule has 0 aromatic heterocycles. The molecule has 1 amide bonds. The molecular formula is C65H125NO5. The van der Waals surface area contributed by atoms with Gasteiger partial charge in [-0.25, -0.2) is 0 Å². The van der Waals surface area contributed by atoms with Crippen molar-refractivity contribution < 1.29 is 24.5 Å². The van der Waals surface area contributed by atoms with Gasteiger partial charge >= 0.3 is 5.97 Å². The number of esters is 1. The molecule has 0 saturated carbocycles. The van der Waals surface area contributed by atoms with Crippen LogP contribution in [0.1, 0.15) is 354 Å². The van der Waals surface area contributed by atoms with Crippen LogP contribution in [0.2, 0.25) is 0 Å². The fraction of sp³-hybridized carbons (Fsp3) is 0.908. The maximum Gasteiger partial charge on any atom is 0.305 e. The molecule has 0 bridgehead atoms. The van der Waals surface area contributed by atoms with E-state index in [-0.39, 0.29) is 18.5 Å². The molecule has 0 aliphatic carbocycles. The molecule has 0 aromatic rings. The summed E-state index contributed by atoms with van der Waals surface area (Å²) in [6.45, 7) is 4.92. The van der Waals surface area contributed by atoms with E-state index in [4.69, 9.17) is 4.74 Å². The molecule has 6 heteroatoms. The SMILES string of the molecule is CCCCCCCCCCCCCCCCCCCCC/C=C/C(O)C(CO)NC(=O)CCCCCCCCC/C=C\CCCCCCCCCCCCCOC(=O)CCCCCCCCCCCCC. The third kappa shape index (κ3) is 57.5. The van der Waals surface area contributed by atoms with Crippen molar-refractivity contribution in [3.05, 3.63) is 24.3 Å². The van der Waals surface area contributed by atoms with E-state index in [1.54, 1.807) is 6.08 Å². The largest absolute Gasteiger partial charge is 0.466 e. The minimum absolute atomic E-state index is 0.00953. The number of rotatable bonds is 60. The fourth-order valence-corrected chi connectivity index (χ4v) is 10.0. The summed E-state index contributed by atoms with van der Waals surface area (Å²) < 4.78 is 5.47. The zero-order valence-electron chi connectivity index (χ0n) is 48.0. The van der Waals surface area contributed by atoms with Gasteiger partial charge in [-0.2, -0.15) is 0 Å². The van der Waals surface area contributed by atoms with Crippen molar-refractivity contribution in [2.75, 3.05) is 13.2 Å². The van der Waals surface area contributed by atoms with Crippen LogP contribution in [0.25, 0.3) is 0 Å². The monoisotopic (exact) mass is 1000 g/mol. The van der Waals surface area contributed by atoms with Gasteiger partial charge in [-0.1, -0.05) is 308 Å². The number of hydrogen-bond donors (Lipinski definition) is 3. The number of carbonyl (C=O) groups is 2. The van der Waals surface area contributed by atoms with E-state index < -0.39 is 12.1 Å². The van der Waals surface area contributed by atoms with Crippen LogP contribution in [-0.4, -0.2) is 47.4 Å². The molecule has 2 unspecified atom stereocenters. The summed E-state index contributed by atoms with van der Waals surface area (Å²) in [6, 6.07) is -0.633. The Balaban J connectivity index is 3.45. The topological polar surface area (TPSA) is 95.9 Å². The molecule has 0 fully saturated rings. The predicted octanol–water partition coefficient (Wildman–Crippen LogP) is 20.2. The first-order valence-corrected chi connectivity index (χ1v) is 32.1. The van der Waals surface area contributed by atoms with E-state index in [0.717, 1.165) is 44.9 Å². The normalized spacial score (nSPS) is 12.7. The number of allylic oxidation sites excluding steroid dienone is 3. The van der Waals surface area contributed by atoms with Crippen molar-refractivity contribution in [2.45, 2.75) is 366 Å². The molecule has 0 spiro atoms. The van der Waals surface area contributed by atoms with E-state index in [9.17, 15) is 19.8 Å². The van der Waals surface area contributed by atoms with Crippen molar-refractivity contribution in [3.63, 3.8) is 0 Å². The van der Waals surface area contributed by atoms with Gasteiger partial charge in [0.15, 0.2) is 0 Å². The second-order valence-electron chi connectivity index (χ2n) is 22.1. The van der Waals surface area contributed by atoms with Crippen LogP contribution in [0.3, 0.4) is 0 Å². The van der Waals surface area contributed by atoms with Crippen molar-refractivity contribution in [3.8, 4) is 0 Å². The summed E-state index contributed by atoms with van der Waals surface area (Å²) in [6.07, 6.45) is 75.1. The van der Waals surface area contributed by atoms with Crippen LogP contribution in [0, 0.1) is 0 Å². The Morgan fingerprint density at radius 3 is 1.00 bits per heavy atom. The van der Waals surface area contributed by atoms with Gasteiger partial charge in [0.2, 0.25) is 5.91 Å². The molecule has 3 N–H and O–H groups in total. The lowest BCUT2D eigenvalue weighted by Gasteiger charge is -2.20. The van der Waals surface area contributed by atoms with Crippen molar-refractivity contribution in [1.29, 1.82) is 0 Å². The number of hydrogen-bond acceptors (Lipinski definition) is 5. The molecule has 0 heterocycles. The van der Waals surface area contributed by atoms with Crippen LogP contribution < -0.4 is 5.32 Å². The molecule has 71 heavy (non-hydrogen) atoms. The zero-order valence-corrected chi connectivity index (χ0v) is 48.0. The lowest BCUT2D eigenvalue weighted by molar-refractivity contribution is -0.143. The fourth-order valence-electron chi connectivity index (χ4n) is 10.0. The van der Waals surface area contributed by atoms with E-state index in [1.165, 1.54) is 283 Å². The molecule has 2 atom stereocenters. The van der Waals surface area contributed by atoms with Crippen molar-refractivity contribution >= 4 is 11.9 Å². The molecule has 420 valence electrons. The third-order valence-electron chi connectivity index (χ3n) is 15.0. The third-order valence-corrected chi connectivity index (χ3v) is 15.0. The summed E-state index contributed by atoms with van der Waals surface area (Å²) in [5.41, 5.74) is 0. The molecule has 0 radical (unpaired) electrons. The Bertz CT molecular complexity index is 1110. The standard InChI is InChI=1S/C65H125NO5/c1-3-5-7-9-11-13-15-16-17-18-19-22-25-28-31-34-38-41-45-49-53-57-63(68)62(61-67)66-64(69)58-54-50-46-42-39-35-32-29-26-23-20-21-24-27-30-33-36-40-44-48-52-56-60-71-65(70)59-55-51-47-43-37-14-12-10-8-6-4-2/h23,26,53,57,62-63,67-68H,3-22,24-25,27-52,54-56,58-61H2,1-2H3,(H,66,69)/b26-23-,57-53+. The highest BCUT2D eigenvalue weighted by Crippen LogP contribution is 2.18. The second kappa shape index (κ2) is 60.9. The van der Waals surface area contributed by atoms with Crippen molar-refractivity contribution in [1.82, 2.24) is 5.32 Å². The first kappa shape index (κ1) is 69.3. The summed E-state index contributed by atoms with van der Waals surface area (Å²) in [5, 5.41) is 23.2.